The number of halogens is 1. The van der Waals surface area contributed by atoms with Crippen LogP contribution in [0.1, 0.15) is 6.92 Å². The second-order valence-electron chi connectivity index (χ2n) is 2.56. The van der Waals surface area contributed by atoms with Crippen LogP contribution >= 0.6 is 11.6 Å². The minimum atomic E-state index is -3.35. The van der Waals surface area contributed by atoms with Gasteiger partial charge in [-0.3, -0.25) is 0 Å². The Morgan fingerprint density at radius 3 is 2.31 bits per heavy atom. The summed E-state index contributed by atoms with van der Waals surface area (Å²) in [6.45, 7) is 1.53. The largest absolute Gasteiger partial charge is 0.219 e. The average molecular weight is 217 g/mol. The molecule has 0 atom stereocenters. The number of hydrogen-bond acceptors (Lipinski definition) is 2. The molecule has 2 nitrogen and oxygen atoms in total. The zero-order valence-corrected chi connectivity index (χ0v) is 8.64. The van der Waals surface area contributed by atoms with Gasteiger partial charge in [0.05, 0.1) is 4.90 Å². The molecule has 1 rings (SSSR count). The first-order valence-electron chi connectivity index (χ1n) is 3.66. The highest BCUT2D eigenvalue weighted by Gasteiger charge is 2.09. The maximum absolute atomic E-state index is 11.5. The molecule has 0 fully saturated rings. The standard InChI is InChI=1S/C9H9ClO2S/c1-8(10)7-13(11,12)9-5-3-2-4-6-9/h2-7H,1H3. The van der Waals surface area contributed by atoms with Crippen molar-refractivity contribution in [1.29, 1.82) is 0 Å². The van der Waals surface area contributed by atoms with E-state index in [4.69, 9.17) is 11.6 Å². The van der Waals surface area contributed by atoms with E-state index in [0.717, 1.165) is 5.41 Å². The summed E-state index contributed by atoms with van der Waals surface area (Å²) in [6.07, 6.45) is 0. The van der Waals surface area contributed by atoms with Crippen molar-refractivity contribution in [2.45, 2.75) is 11.8 Å². The molecule has 0 heterocycles. The second kappa shape index (κ2) is 3.94. The molecular weight excluding hydrogens is 208 g/mol. The molecule has 0 amide bonds. The van der Waals surface area contributed by atoms with Crippen LogP contribution in [-0.4, -0.2) is 8.42 Å². The Morgan fingerprint density at radius 1 is 1.31 bits per heavy atom. The Bertz CT molecular complexity index is 403. The predicted octanol–water partition coefficient (Wildman–Crippen LogP) is 2.56. The molecule has 0 aliphatic rings. The minimum Gasteiger partial charge on any atom is -0.219 e. The van der Waals surface area contributed by atoms with Crippen LogP contribution in [0, 0.1) is 0 Å². The van der Waals surface area contributed by atoms with E-state index in [1.165, 1.54) is 19.1 Å². The summed E-state index contributed by atoms with van der Waals surface area (Å²) in [4.78, 5) is 0.259. The fourth-order valence-electron chi connectivity index (χ4n) is 0.892. The van der Waals surface area contributed by atoms with Crippen LogP contribution < -0.4 is 0 Å². The molecule has 0 aliphatic heterocycles. The molecule has 0 radical (unpaired) electrons. The van der Waals surface area contributed by atoms with E-state index < -0.39 is 9.84 Å². The van der Waals surface area contributed by atoms with Crippen LogP contribution in [0.2, 0.25) is 0 Å². The number of sulfone groups is 1. The number of hydrogen-bond donors (Lipinski definition) is 0. The first-order valence-corrected chi connectivity index (χ1v) is 5.59. The first kappa shape index (κ1) is 10.3. The summed E-state index contributed by atoms with van der Waals surface area (Å²) >= 11 is 5.49. The minimum absolute atomic E-state index is 0.254. The van der Waals surface area contributed by atoms with Crippen molar-refractivity contribution < 1.29 is 8.42 Å². The molecule has 0 saturated carbocycles. The van der Waals surface area contributed by atoms with Gasteiger partial charge in [-0.2, -0.15) is 0 Å². The van der Waals surface area contributed by atoms with E-state index in [9.17, 15) is 8.42 Å². The van der Waals surface area contributed by atoms with Gasteiger partial charge < -0.3 is 0 Å². The van der Waals surface area contributed by atoms with Crippen molar-refractivity contribution >= 4 is 21.4 Å². The lowest BCUT2D eigenvalue weighted by Crippen LogP contribution is -1.95. The second-order valence-corrected chi connectivity index (χ2v) is 4.96. The van der Waals surface area contributed by atoms with E-state index in [1.807, 2.05) is 0 Å². The molecule has 0 unspecified atom stereocenters. The van der Waals surface area contributed by atoms with Crippen LogP contribution in [0.25, 0.3) is 0 Å². The van der Waals surface area contributed by atoms with Gasteiger partial charge in [0.2, 0.25) is 9.84 Å². The lowest BCUT2D eigenvalue weighted by molar-refractivity contribution is 0.604. The van der Waals surface area contributed by atoms with Crippen molar-refractivity contribution in [3.8, 4) is 0 Å². The van der Waals surface area contributed by atoms with E-state index in [0.29, 0.717) is 0 Å². The average Bonchev–Trinajstić information content (AvgIpc) is 2.04. The van der Waals surface area contributed by atoms with Gasteiger partial charge in [0, 0.05) is 10.4 Å². The van der Waals surface area contributed by atoms with E-state index in [-0.39, 0.29) is 9.93 Å². The molecule has 0 spiro atoms. The van der Waals surface area contributed by atoms with Crippen LogP contribution in [-0.2, 0) is 9.84 Å². The van der Waals surface area contributed by atoms with Gasteiger partial charge in [0.25, 0.3) is 0 Å². The molecular formula is C9H9ClO2S. The zero-order valence-electron chi connectivity index (χ0n) is 7.07. The Hall–Kier alpha value is -0.800. The predicted molar refractivity (Wildman–Crippen MR) is 53.2 cm³/mol. The molecule has 0 bridgehead atoms. The quantitative estimate of drug-likeness (QED) is 0.762. The lowest BCUT2D eigenvalue weighted by atomic mass is 10.4. The summed E-state index contributed by atoms with van der Waals surface area (Å²) < 4.78 is 23.0. The van der Waals surface area contributed by atoms with E-state index in [1.54, 1.807) is 18.2 Å². The van der Waals surface area contributed by atoms with Gasteiger partial charge in [-0.15, -0.1) is 0 Å². The summed E-state index contributed by atoms with van der Waals surface area (Å²) in [5.74, 6) is 0. The molecule has 0 N–H and O–H groups in total. The Kier molecular flexibility index (Phi) is 3.12. The molecule has 1 aromatic rings. The SMILES string of the molecule is CC(Cl)=CS(=O)(=O)c1ccccc1. The van der Waals surface area contributed by atoms with Gasteiger partial charge in [-0.05, 0) is 19.1 Å². The van der Waals surface area contributed by atoms with Crippen LogP contribution in [0.15, 0.2) is 45.7 Å². The van der Waals surface area contributed by atoms with Crippen molar-refractivity contribution in [3.05, 3.63) is 40.8 Å². The highest BCUT2D eigenvalue weighted by molar-refractivity contribution is 7.94. The van der Waals surface area contributed by atoms with Gasteiger partial charge in [-0.25, -0.2) is 8.42 Å². The first-order chi connectivity index (χ1) is 6.02. The molecule has 4 heteroatoms. The molecule has 0 aliphatic carbocycles. The molecule has 13 heavy (non-hydrogen) atoms. The number of allylic oxidation sites excluding steroid dienone is 1. The molecule has 70 valence electrons. The maximum Gasteiger partial charge on any atom is 0.200 e. The zero-order chi connectivity index (χ0) is 9.90. The number of benzene rings is 1. The van der Waals surface area contributed by atoms with Crippen molar-refractivity contribution in [3.63, 3.8) is 0 Å². The molecule has 0 aromatic heterocycles. The van der Waals surface area contributed by atoms with Gasteiger partial charge >= 0.3 is 0 Å². The smallest absolute Gasteiger partial charge is 0.200 e. The topological polar surface area (TPSA) is 34.1 Å². The van der Waals surface area contributed by atoms with Gasteiger partial charge in [-0.1, -0.05) is 29.8 Å². The van der Waals surface area contributed by atoms with Crippen LogP contribution in [0.3, 0.4) is 0 Å². The fourth-order valence-corrected chi connectivity index (χ4v) is 2.34. The third kappa shape index (κ3) is 2.86. The van der Waals surface area contributed by atoms with Crippen molar-refractivity contribution in [2.75, 3.05) is 0 Å². The lowest BCUT2D eigenvalue weighted by Gasteiger charge is -1.97. The van der Waals surface area contributed by atoms with Crippen molar-refractivity contribution in [2.24, 2.45) is 0 Å². The highest BCUT2D eigenvalue weighted by Crippen LogP contribution is 2.14. The maximum atomic E-state index is 11.5. The van der Waals surface area contributed by atoms with Crippen LogP contribution in [0.5, 0.6) is 0 Å². The third-order valence-electron chi connectivity index (χ3n) is 1.39. The summed E-state index contributed by atoms with van der Waals surface area (Å²) in [6, 6.07) is 8.17. The van der Waals surface area contributed by atoms with E-state index >= 15 is 0 Å². The normalized spacial score (nSPS) is 12.9. The Labute approximate surface area is 82.8 Å². The van der Waals surface area contributed by atoms with Gasteiger partial charge in [0.1, 0.15) is 0 Å². The Morgan fingerprint density at radius 2 is 1.85 bits per heavy atom. The Balaban J connectivity index is 3.18. The number of rotatable bonds is 2. The van der Waals surface area contributed by atoms with Gasteiger partial charge in [0.15, 0.2) is 0 Å². The molecule has 1 aromatic carbocycles. The highest BCUT2D eigenvalue weighted by atomic mass is 35.5. The monoisotopic (exact) mass is 216 g/mol. The van der Waals surface area contributed by atoms with E-state index in [2.05, 4.69) is 0 Å². The summed E-state index contributed by atoms with van der Waals surface area (Å²) in [5.41, 5.74) is 0. The van der Waals surface area contributed by atoms with Crippen molar-refractivity contribution in [1.82, 2.24) is 0 Å². The summed E-state index contributed by atoms with van der Waals surface area (Å²) in [5, 5.41) is 1.30. The van der Waals surface area contributed by atoms with Crippen LogP contribution in [0.4, 0.5) is 0 Å². The third-order valence-corrected chi connectivity index (χ3v) is 3.22. The summed E-state index contributed by atoms with van der Waals surface area (Å²) in [7, 11) is -3.35. The fraction of sp³-hybridized carbons (Fsp3) is 0.111. The molecule has 0 saturated heterocycles.